The van der Waals surface area contributed by atoms with Gasteiger partial charge in [-0.2, -0.15) is 0 Å². The molecule has 2 N–H and O–H groups in total. The molecular formula is C23H28N2O5Si. The number of hydrogen-bond acceptors (Lipinski definition) is 5. The van der Waals surface area contributed by atoms with E-state index in [4.69, 9.17) is 9.57 Å². The molecule has 0 radical (unpaired) electrons. The Kier molecular flexibility index (Phi) is 6.92. The molecule has 1 heterocycles. The third-order valence-corrected chi connectivity index (χ3v) is 7.30. The van der Waals surface area contributed by atoms with Gasteiger partial charge in [-0.05, 0) is 23.3 Å². The zero-order valence-corrected chi connectivity index (χ0v) is 19.2. The molecule has 8 heteroatoms. The summed E-state index contributed by atoms with van der Waals surface area (Å²) in [6.07, 6.45) is -0.865. The summed E-state index contributed by atoms with van der Waals surface area (Å²) < 4.78 is 5.18. The van der Waals surface area contributed by atoms with Crippen molar-refractivity contribution < 1.29 is 24.0 Å². The first-order valence-corrected chi connectivity index (χ1v) is 13.7. The van der Waals surface area contributed by atoms with E-state index in [2.05, 4.69) is 42.6 Å². The second-order valence-corrected chi connectivity index (χ2v) is 13.7. The van der Waals surface area contributed by atoms with E-state index < -0.39 is 26.1 Å². The molecular weight excluding hydrogens is 412 g/mol. The molecule has 0 aliphatic carbocycles. The second kappa shape index (κ2) is 9.45. The lowest BCUT2D eigenvalue weighted by molar-refractivity contribution is -0.137. The van der Waals surface area contributed by atoms with E-state index in [0.717, 1.165) is 5.56 Å². The van der Waals surface area contributed by atoms with Crippen molar-refractivity contribution in [1.29, 1.82) is 0 Å². The van der Waals surface area contributed by atoms with Crippen molar-refractivity contribution in [3.8, 4) is 5.75 Å². The number of amides is 2. The van der Waals surface area contributed by atoms with E-state index in [1.807, 2.05) is 12.1 Å². The van der Waals surface area contributed by atoms with Crippen molar-refractivity contribution >= 4 is 30.9 Å². The van der Waals surface area contributed by atoms with Gasteiger partial charge in [-0.25, -0.2) is 5.48 Å². The van der Waals surface area contributed by atoms with Gasteiger partial charge in [-0.1, -0.05) is 61.2 Å². The Balaban J connectivity index is 1.79. The first kappa shape index (κ1) is 22.7. The number of rotatable bonds is 8. The topological polar surface area (TPSA) is 93.7 Å². The lowest BCUT2D eigenvalue weighted by Crippen LogP contribution is -2.41. The summed E-state index contributed by atoms with van der Waals surface area (Å²) in [5.41, 5.74) is 3.68. The molecule has 0 saturated carbocycles. The summed E-state index contributed by atoms with van der Waals surface area (Å²) in [5.74, 6) is -0.384. The van der Waals surface area contributed by atoms with Gasteiger partial charge in [0.2, 0.25) is 5.91 Å². The number of Topliss-reactive ketones (excluding diaryl/α,β-unsaturated/α-hetero) is 1. The van der Waals surface area contributed by atoms with Gasteiger partial charge in [0.05, 0.1) is 21.6 Å². The molecule has 2 amide bonds. The maximum atomic E-state index is 13.2. The molecule has 1 saturated heterocycles. The van der Waals surface area contributed by atoms with Crippen LogP contribution < -0.4 is 20.7 Å². The molecule has 2 atom stereocenters. The molecule has 0 aromatic heterocycles. The van der Waals surface area contributed by atoms with Crippen molar-refractivity contribution in [2.45, 2.75) is 44.6 Å². The lowest BCUT2D eigenvalue weighted by atomic mass is 9.97. The number of methoxy groups -OCH3 is 1. The average molecular weight is 441 g/mol. The first-order chi connectivity index (χ1) is 14.7. The molecule has 1 fully saturated rings. The third kappa shape index (κ3) is 5.80. The summed E-state index contributed by atoms with van der Waals surface area (Å²) in [5, 5.41) is 4.07. The van der Waals surface area contributed by atoms with Crippen molar-refractivity contribution in [1.82, 2.24) is 10.8 Å². The summed E-state index contributed by atoms with van der Waals surface area (Å²) >= 11 is 0. The van der Waals surface area contributed by atoms with Gasteiger partial charge in [0.1, 0.15) is 11.8 Å². The molecule has 0 bridgehead atoms. The highest BCUT2D eigenvalue weighted by atomic mass is 28.3. The first-order valence-electron chi connectivity index (χ1n) is 10.2. The number of hydroxylamine groups is 1. The maximum absolute atomic E-state index is 13.2. The normalized spacial score (nSPS) is 17.0. The Morgan fingerprint density at radius 3 is 2.29 bits per heavy atom. The predicted octanol–water partition coefficient (Wildman–Crippen LogP) is 2.03. The quantitative estimate of drug-likeness (QED) is 0.613. The van der Waals surface area contributed by atoms with Gasteiger partial charge in [0.15, 0.2) is 11.9 Å². The number of carbonyl (C=O) groups excluding carboxylic acids is 3. The zero-order valence-electron chi connectivity index (χ0n) is 18.2. The van der Waals surface area contributed by atoms with Gasteiger partial charge < -0.3 is 10.1 Å². The van der Waals surface area contributed by atoms with Crippen LogP contribution in [0.25, 0.3) is 0 Å². The van der Waals surface area contributed by atoms with Crippen molar-refractivity contribution in [2.75, 3.05) is 7.11 Å². The number of benzene rings is 2. The highest BCUT2D eigenvalue weighted by molar-refractivity contribution is 6.88. The van der Waals surface area contributed by atoms with Gasteiger partial charge in [-0.3, -0.25) is 19.2 Å². The minimum Gasteiger partial charge on any atom is -0.497 e. The van der Waals surface area contributed by atoms with Crippen molar-refractivity contribution in [3.05, 3.63) is 59.7 Å². The van der Waals surface area contributed by atoms with Gasteiger partial charge in [-0.15, -0.1) is 0 Å². The van der Waals surface area contributed by atoms with E-state index >= 15 is 0 Å². The van der Waals surface area contributed by atoms with Crippen molar-refractivity contribution in [2.24, 2.45) is 0 Å². The molecule has 3 rings (SSSR count). The van der Waals surface area contributed by atoms with Crippen LogP contribution in [0.2, 0.25) is 19.6 Å². The fraction of sp³-hybridized carbons (Fsp3) is 0.348. The maximum Gasteiger partial charge on any atom is 0.253 e. The third-order valence-electron chi connectivity index (χ3n) is 5.23. The van der Waals surface area contributed by atoms with Crippen LogP contribution in [-0.2, 0) is 25.6 Å². The Hall–Kier alpha value is -2.97. The van der Waals surface area contributed by atoms with E-state index in [-0.39, 0.29) is 24.5 Å². The minimum atomic E-state index is -1.42. The van der Waals surface area contributed by atoms with Gasteiger partial charge in [0.25, 0.3) is 5.91 Å². The Bertz CT molecular complexity index is 951. The number of ketones is 1. The van der Waals surface area contributed by atoms with Crippen LogP contribution in [0.3, 0.4) is 0 Å². The Labute approximate surface area is 183 Å². The molecule has 2 aromatic carbocycles. The highest BCUT2D eigenvalue weighted by Gasteiger charge is 2.33. The fourth-order valence-corrected chi connectivity index (χ4v) is 4.51. The van der Waals surface area contributed by atoms with Crippen LogP contribution in [-0.4, -0.2) is 38.9 Å². The van der Waals surface area contributed by atoms with Gasteiger partial charge >= 0.3 is 0 Å². The average Bonchev–Trinajstić information content (AvgIpc) is 3.18. The van der Waals surface area contributed by atoms with E-state index in [1.54, 1.807) is 31.4 Å². The minimum absolute atomic E-state index is 0.0759. The molecule has 2 aromatic rings. The smallest absolute Gasteiger partial charge is 0.253 e. The fourth-order valence-electron chi connectivity index (χ4n) is 3.34. The Morgan fingerprint density at radius 2 is 1.77 bits per heavy atom. The SMILES string of the molecule is COc1ccc(C(NC(=O)C2CC(=O)NO2)C(=O)Cc2ccc([Si](C)(C)C)cc2)cc1. The molecule has 164 valence electrons. The van der Waals surface area contributed by atoms with E-state index in [0.29, 0.717) is 11.3 Å². The zero-order chi connectivity index (χ0) is 22.6. The lowest BCUT2D eigenvalue weighted by Gasteiger charge is -2.20. The standard InChI is InChI=1S/C23H28N2O5Si/c1-29-17-9-7-16(8-10-17)22(24-23(28)20-14-21(27)25-30-20)19(26)13-15-5-11-18(12-6-15)31(2,3)4/h5-12,20,22H,13-14H2,1-4H3,(H,24,28)(H,25,27). The summed E-state index contributed by atoms with van der Waals surface area (Å²) in [6, 6.07) is 14.2. The molecule has 1 aliphatic rings. The van der Waals surface area contributed by atoms with Crippen molar-refractivity contribution in [3.63, 3.8) is 0 Å². The van der Waals surface area contributed by atoms with Crippen LogP contribution in [0.15, 0.2) is 48.5 Å². The second-order valence-electron chi connectivity index (χ2n) is 8.64. The summed E-state index contributed by atoms with van der Waals surface area (Å²) in [4.78, 5) is 42.2. The Morgan fingerprint density at radius 1 is 1.13 bits per heavy atom. The molecule has 7 nitrogen and oxygen atoms in total. The predicted molar refractivity (Wildman–Crippen MR) is 120 cm³/mol. The van der Waals surface area contributed by atoms with Crippen LogP contribution in [0, 0.1) is 0 Å². The molecule has 31 heavy (non-hydrogen) atoms. The molecule has 2 unspecified atom stereocenters. The molecule has 1 aliphatic heterocycles. The van der Waals surface area contributed by atoms with Gasteiger partial charge in [0, 0.05) is 6.42 Å². The van der Waals surface area contributed by atoms with Crippen LogP contribution in [0.1, 0.15) is 23.6 Å². The van der Waals surface area contributed by atoms with E-state index in [1.165, 1.54) is 5.19 Å². The monoisotopic (exact) mass is 440 g/mol. The number of hydrogen-bond donors (Lipinski definition) is 2. The number of nitrogens with one attached hydrogen (secondary N) is 2. The summed E-state index contributed by atoms with van der Waals surface area (Å²) in [6.45, 7) is 6.81. The van der Waals surface area contributed by atoms with Crippen LogP contribution >= 0.6 is 0 Å². The number of ether oxygens (including phenoxy) is 1. The van der Waals surface area contributed by atoms with Crippen LogP contribution in [0.4, 0.5) is 0 Å². The van der Waals surface area contributed by atoms with E-state index in [9.17, 15) is 14.4 Å². The van der Waals surface area contributed by atoms with Crippen LogP contribution in [0.5, 0.6) is 5.75 Å². The number of carbonyl (C=O) groups is 3. The highest BCUT2D eigenvalue weighted by Crippen LogP contribution is 2.21. The summed E-state index contributed by atoms with van der Waals surface area (Å²) in [7, 11) is 0.137. The largest absolute Gasteiger partial charge is 0.497 e. The molecule has 0 spiro atoms.